The second-order valence-corrected chi connectivity index (χ2v) is 16.3. The monoisotopic (exact) mass is 819 g/mol. The first-order valence-electron chi connectivity index (χ1n) is 21.1. The van der Waals surface area contributed by atoms with Crippen LogP contribution >= 0.6 is 7.82 Å². The molecule has 3 atom stereocenters. The number of likely N-dealkylation sites (N-methyl/N-ethyl adjacent to an activating group) is 1. The average molecular weight is 819 g/mol. The zero-order valence-electron chi connectivity index (χ0n) is 35.9. The van der Waals surface area contributed by atoms with Crippen LogP contribution in [0.5, 0.6) is 0 Å². The van der Waals surface area contributed by atoms with E-state index in [9.17, 15) is 24.2 Å². The van der Waals surface area contributed by atoms with Gasteiger partial charge >= 0.3 is 19.8 Å². The Balaban J connectivity index is 4.64. The summed E-state index contributed by atoms with van der Waals surface area (Å²) in [5, 5.41) is 10.0. The fourth-order valence-electron chi connectivity index (χ4n) is 4.84. The largest absolute Gasteiger partial charge is 0.472 e. The van der Waals surface area contributed by atoms with E-state index in [1.807, 2.05) is 57.6 Å². The predicted molar refractivity (Wildman–Crippen MR) is 234 cm³/mol. The molecule has 0 aromatic rings. The van der Waals surface area contributed by atoms with E-state index in [2.05, 4.69) is 68.5 Å². The van der Waals surface area contributed by atoms with E-state index in [1.54, 1.807) is 6.08 Å². The highest BCUT2D eigenvalue weighted by atomic mass is 31.2. The van der Waals surface area contributed by atoms with Gasteiger partial charge in [0.05, 0.1) is 33.9 Å². The van der Waals surface area contributed by atoms with Crippen LogP contribution in [0.1, 0.15) is 123 Å². The number of hydrogen-bond donors (Lipinski definition) is 2. The zero-order valence-corrected chi connectivity index (χ0v) is 36.8. The summed E-state index contributed by atoms with van der Waals surface area (Å²) in [6.07, 6.45) is 45.0. The number of unbranched alkanes of at least 4 members (excludes halogenated alkanes) is 6. The molecule has 0 spiro atoms. The van der Waals surface area contributed by atoms with E-state index < -0.39 is 38.6 Å². The van der Waals surface area contributed by atoms with Gasteiger partial charge in [-0.15, -0.1) is 0 Å². The number of nitrogens with zero attached hydrogens (tertiary/aromatic N) is 1. The maximum absolute atomic E-state index is 12.7. The van der Waals surface area contributed by atoms with E-state index in [1.165, 1.54) is 19.3 Å². The fraction of sp³-hybridized carbons (Fsp3) is 0.609. The molecule has 0 aliphatic heterocycles. The number of allylic oxidation sites excluding steroid dienone is 14. The van der Waals surface area contributed by atoms with Crippen molar-refractivity contribution >= 4 is 19.8 Å². The van der Waals surface area contributed by atoms with Gasteiger partial charge in [0.2, 0.25) is 0 Å². The SMILES string of the molecule is CC/C=C\C/C=C\CC(O)/C=C/C=C\C/C=C\CCCC(=O)OC[C@H](COP(=O)(O)OCC[N+](C)(C)C)OC(=O)CCCC/C=C\C/C=C\C/C=C\CCCCC. The molecule has 0 heterocycles. The van der Waals surface area contributed by atoms with Crippen LogP contribution in [0.25, 0.3) is 0 Å². The molecule has 0 aromatic heterocycles. The Morgan fingerprint density at radius 2 is 1.21 bits per heavy atom. The Morgan fingerprint density at radius 1 is 0.649 bits per heavy atom. The maximum Gasteiger partial charge on any atom is 0.472 e. The van der Waals surface area contributed by atoms with Gasteiger partial charge in [0, 0.05) is 12.8 Å². The third kappa shape index (κ3) is 40.9. The van der Waals surface area contributed by atoms with Crippen molar-refractivity contribution in [1.82, 2.24) is 0 Å². The van der Waals surface area contributed by atoms with Crippen molar-refractivity contribution < 1.29 is 47.2 Å². The van der Waals surface area contributed by atoms with Crippen molar-refractivity contribution in [3.05, 3.63) is 97.2 Å². The molecule has 57 heavy (non-hydrogen) atoms. The van der Waals surface area contributed by atoms with Crippen LogP contribution in [0.3, 0.4) is 0 Å². The molecule has 0 radical (unpaired) electrons. The highest BCUT2D eigenvalue weighted by Gasteiger charge is 2.27. The highest BCUT2D eigenvalue weighted by Crippen LogP contribution is 2.43. The van der Waals surface area contributed by atoms with E-state index >= 15 is 0 Å². The predicted octanol–water partition coefficient (Wildman–Crippen LogP) is 10.8. The van der Waals surface area contributed by atoms with Crippen molar-refractivity contribution in [3.63, 3.8) is 0 Å². The molecule has 10 nitrogen and oxygen atoms in total. The lowest BCUT2D eigenvalue weighted by Gasteiger charge is -2.24. The third-order valence-corrected chi connectivity index (χ3v) is 9.16. The highest BCUT2D eigenvalue weighted by molar-refractivity contribution is 7.47. The zero-order chi connectivity index (χ0) is 42.3. The molecule has 2 N–H and O–H groups in total. The molecule has 324 valence electrons. The van der Waals surface area contributed by atoms with Crippen LogP contribution in [0.15, 0.2) is 97.2 Å². The molecule has 0 rings (SSSR count). The second-order valence-electron chi connectivity index (χ2n) is 14.8. The summed E-state index contributed by atoms with van der Waals surface area (Å²) in [4.78, 5) is 35.3. The van der Waals surface area contributed by atoms with Gasteiger partial charge in [0.15, 0.2) is 6.10 Å². The van der Waals surface area contributed by atoms with Gasteiger partial charge in [0.1, 0.15) is 19.8 Å². The van der Waals surface area contributed by atoms with Gasteiger partial charge < -0.3 is 24.0 Å². The number of carbonyl (C=O) groups is 2. The number of ether oxygens (including phenoxy) is 2. The Hall–Kier alpha value is -3.11. The summed E-state index contributed by atoms with van der Waals surface area (Å²) in [6, 6.07) is 0. The van der Waals surface area contributed by atoms with Crippen LogP contribution in [-0.4, -0.2) is 86.1 Å². The first-order chi connectivity index (χ1) is 27.4. The summed E-state index contributed by atoms with van der Waals surface area (Å²) in [7, 11) is 1.37. The Bertz CT molecular complexity index is 1310. The van der Waals surface area contributed by atoms with Gasteiger partial charge in [-0.25, -0.2) is 4.57 Å². The standard InChI is InChI=1S/C46H76NO9P/c1-6-8-10-12-14-15-16-17-18-19-20-21-26-30-34-38-46(50)56-44(42-55-57(51,52)54-40-39-47(3,4)5)41-53-45(49)37-33-29-25-23-22-24-28-32-36-43(48)35-31-27-13-11-9-7-2/h9,11,14-15,17-18,20-21,23-25,27-28,31-32,36,43-44,48H,6-8,10,12-13,16,19,22,26,29-30,33-35,37-42H2,1-5H3/p+1/b11-9-,15-14-,18-17-,21-20-,25-23-,28-24-,31-27-,36-32+/t43?,44-/m1/s1. The van der Waals surface area contributed by atoms with Gasteiger partial charge in [-0.2, -0.15) is 0 Å². The summed E-state index contributed by atoms with van der Waals surface area (Å²) >= 11 is 0. The van der Waals surface area contributed by atoms with E-state index in [4.69, 9.17) is 18.5 Å². The van der Waals surface area contributed by atoms with Gasteiger partial charge in [-0.3, -0.25) is 18.6 Å². The van der Waals surface area contributed by atoms with Crippen LogP contribution < -0.4 is 0 Å². The number of phosphoric ester groups is 1. The summed E-state index contributed by atoms with van der Waals surface area (Å²) in [5.41, 5.74) is 0. The smallest absolute Gasteiger partial charge is 0.462 e. The molecule has 0 fully saturated rings. The minimum absolute atomic E-state index is 0.000281. The average Bonchev–Trinajstić information content (AvgIpc) is 3.15. The number of hydrogen-bond acceptors (Lipinski definition) is 8. The molecule has 0 aromatic carbocycles. The first-order valence-corrected chi connectivity index (χ1v) is 22.6. The molecular weight excluding hydrogens is 741 g/mol. The normalized spacial score (nSPS) is 15.1. The van der Waals surface area contributed by atoms with Crippen molar-refractivity contribution in [2.75, 3.05) is 47.5 Å². The number of quaternary nitrogens is 1. The number of phosphoric acid groups is 1. The molecule has 11 heteroatoms. The molecule has 0 amide bonds. The number of esters is 2. The molecule has 0 bridgehead atoms. The minimum atomic E-state index is -4.42. The fourth-order valence-corrected chi connectivity index (χ4v) is 5.59. The van der Waals surface area contributed by atoms with E-state index in [0.29, 0.717) is 36.7 Å². The summed E-state index contributed by atoms with van der Waals surface area (Å²) in [6.45, 7) is 4.04. The molecule has 0 saturated carbocycles. The summed E-state index contributed by atoms with van der Waals surface area (Å²) in [5.74, 6) is -0.964. The van der Waals surface area contributed by atoms with E-state index in [0.717, 1.165) is 51.4 Å². The van der Waals surface area contributed by atoms with Crippen LogP contribution in [-0.2, 0) is 32.7 Å². The number of aliphatic hydroxyl groups is 1. The van der Waals surface area contributed by atoms with Crippen LogP contribution in [0.2, 0.25) is 0 Å². The number of rotatable bonds is 36. The van der Waals surface area contributed by atoms with Crippen molar-refractivity contribution in [3.8, 4) is 0 Å². The Kier molecular flexibility index (Phi) is 35.2. The van der Waals surface area contributed by atoms with Gasteiger partial charge in [-0.05, 0) is 83.5 Å². The Labute approximate surface area is 346 Å². The molecule has 0 aliphatic carbocycles. The molecule has 0 saturated heterocycles. The molecule has 0 aliphatic rings. The van der Waals surface area contributed by atoms with Crippen molar-refractivity contribution in [2.24, 2.45) is 0 Å². The maximum atomic E-state index is 12.7. The summed E-state index contributed by atoms with van der Waals surface area (Å²) < 4.78 is 34.1. The third-order valence-electron chi connectivity index (χ3n) is 8.18. The van der Waals surface area contributed by atoms with Gasteiger partial charge in [-0.1, -0.05) is 124 Å². The Morgan fingerprint density at radius 3 is 1.84 bits per heavy atom. The van der Waals surface area contributed by atoms with E-state index in [-0.39, 0.29) is 26.1 Å². The minimum Gasteiger partial charge on any atom is -0.462 e. The van der Waals surface area contributed by atoms with Crippen LogP contribution in [0.4, 0.5) is 0 Å². The van der Waals surface area contributed by atoms with Gasteiger partial charge in [0.25, 0.3) is 0 Å². The van der Waals surface area contributed by atoms with Crippen molar-refractivity contribution in [2.45, 2.75) is 135 Å². The lowest BCUT2D eigenvalue weighted by molar-refractivity contribution is -0.870. The lowest BCUT2D eigenvalue weighted by atomic mass is 10.1. The lowest BCUT2D eigenvalue weighted by Crippen LogP contribution is -2.37. The van der Waals surface area contributed by atoms with Crippen LogP contribution in [0, 0.1) is 0 Å². The second kappa shape index (κ2) is 37.2. The first kappa shape index (κ1) is 53.9. The molecule has 2 unspecified atom stereocenters. The quantitative estimate of drug-likeness (QED) is 0.0159. The van der Waals surface area contributed by atoms with Crippen molar-refractivity contribution in [1.29, 1.82) is 0 Å². The number of aliphatic hydroxyl groups excluding tert-OH is 1. The topological polar surface area (TPSA) is 129 Å². The number of carbonyl (C=O) groups excluding carboxylic acids is 2. The molecular formula is C46H77NO9P+.